The highest BCUT2D eigenvalue weighted by Crippen LogP contribution is 2.32. The zero-order chi connectivity index (χ0) is 27.1. The van der Waals surface area contributed by atoms with Crippen LogP contribution in [0, 0.1) is 0 Å². The number of alkyl halides is 3. The van der Waals surface area contributed by atoms with E-state index in [1.807, 2.05) is 36.4 Å². The summed E-state index contributed by atoms with van der Waals surface area (Å²) < 4.78 is 46.5. The van der Waals surface area contributed by atoms with E-state index in [-0.39, 0.29) is 12.1 Å². The quantitative estimate of drug-likeness (QED) is 0.142. The van der Waals surface area contributed by atoms with Crippen LogP contribution in [0.2, 0.25) is 0 Å². The number of thiazole rings is 1. The Morgan fingerprint density at radius 2 is 1.82 bits per heavy atom. The molecule has 0 saturated carbocycles. The number of nitrogens with one attached hydrogen (secondary N) is 2. The first-order chi connectivity index (χ1) is 18.2. The topological polar surface area (TPSA) is 75.6 Å². The van der Waals surface area contributed by atoms with Gasteiger partial charge in [-0.3, -0.25) is 4.79 Å². The van der Waals surface area contributed by atoms with Gasteiger partial charge < -0.3 is 10.1 Å². The normalized spacial score (nSPS) is 11.5. The number of carbonyl (C=O) groups is 1. The highest BCUT2D eigenvalue weighted by atomic mass is 79.9. The Balaban J connectivity index is 1.32. The Hall–Kier alpha value is -3.22. The standard InChI is InChI=1S/C26H19Br2F3N4O2S/c27-19-6-4-16(5-7-19)14-37-23-9-8-20(28)10-17(23)13-32-35-24(36)12-22-15-38-25(34-22)33-21-3-1-2-18(11-21)26(29,30)31/h1-11,13,15H,12,14H2,(H,33,34)(H,35,36)/b32-13-. The predicted molar refractivity (Wildman–Crippen MR) is 149 cm³/mol. The lowest BCUT2D eigenvalue weighted by Crippen LogP contribution is -2.20. The Morgan fingerprint density at radius 1 is 1.05 bits per heavy atom. The van der Waals surface area contributed by atoms with Gasteiger partial charge in [-0.15, -0.1) is 11.3 Å². The summed E-state index contributed by atoms with van der Waals surface area (Å²) in [5.74, 6) is 0.198. The zero-order valence-corrected chi connectivity index (χ0v) is 23.4. The number of amides is 1. The Kier molecular flexibility index (Phi) is 9.18. The van der Waals surface area contributed by atoms with Crippen LogP contribution in [0.5, 0.6) is 5.75 Å². The number of ether oxygens (including phenoxy) is 1. The lowest BCUT2D eigenvalue weighted by atomic mass is 10.2. The number of benzene rings is 3. The molecule has 0 radical (unpaired) electrons. The van der Waals surface area contributed by atoms with Crippen molar-refractivity contribution >= 4 is 66.1 Å². The third-order valence-electron chi connectivity index (χ3n) is 5.01. The molecule has 0 aliphatic rings. The van der Waals surface area contributed by atoms with Gasteiger partial charge in [0, 0.05) is 25.6 Å². The van der Waals surface area contributed by atoms with E-state index in [1.54, 1.807) is 11.4 Å². The van der Waals surface area contributed by atoms with Crippen molar-refractivity contribution in [3.05, 3.63) is 103 Å². The van der Waals surface area contributed by atoms with E-state index < -0.39 is 17.6 Å². The van der Waals surface area contributed by atoms with E-state index in [2.05, 4.69) is 52.7 Å². The lowest BCUT2D eigenvalue weighted by Gasteiger charge is -2.10. The van der Waals surface area contributed by atoms with Crippen LogP contribution in [0.15, 0.2) is 86.2 Å². The summed E-state index contributed by atoms with van der Waals surface area (Å²) in [4.78, 5) is 16.6. The SMILES string of the molecule is O=C(Cc1csc(Nc2cccc(C(F)(F)F)c2)n1)N/N=C\c1cc(Br)ccc1OCc1ccc(Br)cc1. The molecule has 0 bridgehead atoms. The molecule has 0 atom stereocenters. The second kappa shape index (κ2) is 12.5. The molecule has 38 heavy (non-hydrogen) atoms. The van der Waals surface area contributed by atoms with Gasteiger partial charge >= 0.3 is 6.18 Å². The molecule has 0 saturated heterocycles. The van der Waals surface area contributed by atoms with Crippen LogP contribution in [0.1, 0.15) is 22.4 Å². The van der Waals surface area contributed by atoms with Crippen molar-refractivity contribution in [1.82, 2.24) is 10.4 Å². The van der Waals surface area contributed by atoms with Crippen molar-refractivity contribution in [2.45, 2.75) is 19.2 Å². The zero-order valence-electron chi connectivity index (χ0n) is 19.4. The molecule has 0 unspecified atom stereocenters. The Labute approximate surface area is 237 Å². The van der Waals surface area contributed by atoms with Gasteiger partial charge in [-0.2, -0.15) is 18.3 Å². The van der Waals surface area contributed by atoms with Gasteiger partial charge in [-0.05, 0) is 54.1 Å². The van der Waals surface area contributed by atoms with Gasteiger partial charge in [-0.1, -0.05) is 50.1 Å². The first-order valence-electron chi connectivity index (χ1n) is 11.0. The van der Waals surface area contributed by atoms with Gasteiger partial charge in [0.15, 0.2) is 5.13 Å². The van der Waals surface area contributed by atoms with Gasteiger partial charge in [-0.25, -0.2) is 10.4 Å². The van der Waals surface area contributed by atoms with Crippen LogP contribution in [-0.4, -0.2) is 17.1 Å². The van der Waals surface area contributed by atoms with E-state index in [4.69, 9.17) is 4.74 Å². The van der Waals surface area contributed by atoms with Crippen LogP contribution in [0.3, 0.4) is 0 Å². The minimum Gasteiger partial charge on any atom is -0.488 e. The van der Waals surface area contributed by atoms with E-state index >= 15 is 0 Å². The number of hydrogen-bond acceptors (Lipinski definition) is 6. The predicted octanol–water partition coefficient (Wildman–Crippen LogP) is 7.70. The fourth-order valence-corrected chi connectivity index (χ4v) is 4.59. The first-order valence-corrected chi connectivity index (χ1v) is 13.5. The lowest BCUT2D eigenvalue weighted by molar-refractivity contribution is -0.137. The fourth-order valence-electron chi connectivity index (χ4n) is 3.21. The van der Waals surface area contributed by atoms with Crippen molar-refractivity contribution in [2.75, 3.05) is 5.32 Å². The molecule has 3 aromatic carbocycles. The van der Waals surface area contributed by atoms with Crippen LogP contribution in [-0.2, 0) is 24.0 Å². The maximum atomic E-state index is 12.9. The summed E-state index contributed by atoms with van der Waals surface area (Å²) in [5, 5.41) is 8.90. The molecule has 2 N–H and O–H groups in total. The summed E-state index contributed by atoms with van der Waals surface area (Å²) in [6, 6.07) is 18.1. The Morgan fingerprint density at radius 3 is 2.58 bits per heavy atom. The smallest absolute Gasteiger partial charge is 0.416 e. The maximum absolute atomic E-state index is 12.9. The monoisotopic (exact) mass is 666 g/mol. The fraction of sp³-hybridized carbons (Fsp3) is 0.115. The largest absolute Gasteiger partial charge is 0.488 e. The molecule has 6 nitrogen and oxygen atoms in total. The third-order valence-corrected chi connectivity index (χ3v) is 6.84. The maximum Gasteiger partial charge on any atom is 0.416 e. The van der Waals surface area contributed by atoms with Crippen LogP contribution in [0.4, 0.5) is 24.0 Å². The summed E-state index contributed by atoms with van der Waals surface area (Å²) in [5.41, 5.74) is 4.07. The number of nitrogens with zero attached hydrogens (tertiary/aromatic N) is 2. The van der Waals surface area contributed by atoms with Gasteiger partial charge in [0.1, 0.15) is 12.4 Å². The molecule has 0 spiro atoms. The van der Waals surface area contributed by atoms with Crippen molar-refractivity contribution < 1.29 is 22.7 Å². The number of halogens is 5. The summed E-state index contributed by atoms with van der Waals surface area (Å²) in [7, 11) is 0. The highest BCUT2D eigenvalue weighted by molar-refractivity contribution is 9.10. The van der Waals surface area contributed by atoms with E-state index in [1.165, 1.54) is 29.7 Å². The highest BCUT2D eigenvalue weighted by Gasteiger charge is 2.30. The number of hydrogen-bond donors (Lipinski definition) is 2. The molecular formula is C26H19Br2F3N4O2S. The molecule has 196 valence electrons. The summed E-state index contributed by atoms with van der Waals surface area (Å²) in [6.45, 7) is 0.364. The molecule has 0 aliphatic heterocycles. The first kappa shape index (κ1) is 27.8. The third kappa shape index (κ3) is 8.14. The van der Waals surface area contributed by atoms with E-state index in [9.17, 15) is 18.0 Å². The average Bonchev–Trinajstić information content (AvgIpc) is 3.30. The minimum absolute atomic E-state index is 0.0521. The van der Waals surface area contributed by atoms with Crippen molar-refractivity contribution in [2.24, 2.45) is 5.10 Å². The van der Waals surface area contributed by atoms with Crippen molar-refractivity contribution in [3.63, 3.8) is 0 Å². The van der Waals surface area contributed by atoms with Crippen LogP contribution >= 0.6 is 43.2 Å². The number of rotatable bonds is 9. The molecule has 0 fully saturated rings. The summed E-state index contributed by atoms with van der Waals surface area (Å²) >= 11 is 8.01. The van der Waals surface area contributed by atoms with Gasteiger partial charge in [0.05, 0.1) is 23.9 Å². The molecule has 0 aliphatic carbocycles. The summed E-state index contributed by atoms with van der Waals surface area (Å²) in [6.07, 6.45) is -3.00. The second-order valence-corrected chi connectivity index (χ2v) is 10.6. The molecule has 4 aromatic rings. The molecule has 1 amide bonds. The molecule has 12 heteroatoms. The van der Waals surface area contributed by atoms with Gasteiger partial charge in [0.2, 0.25) is 5.91 Å². The number of carbonyl (C=O) groups excluding carboxylic acids is 1. The van der Waals surface area contributed by atoms with E-state index in [0.717, 1.165) is 26.6 Å². The van der Waals surface area contributed by atoms with Crippen molar-refractivity contribution in [1.29, 1.82) is 0 Å². The second-order valence-electron chi connectivity index (χ2n) is 7.91. The molecule has 1 aromatic heterocycles. The van der Waals surface area contributed by atoms with Crippen molar-refractivity contribution in [3.8, 4) is 5.75 Å². The molecular weight excluding hydrogens is 649 g/mol. The number of anilines is 2. The molecule has 4 rings (SSSR count). The molecule has 1 heterocycles. The average molecular weight is 668 g/mol. The number of aromatic nitrogens is 1. The van der Waals surface area contributed by atoms with Gasteiger partial charge in [0.25, 0.3) is 0 Å². The van der Waals surface area contributed by atoms with E-state index in [0.29, 0.717) is 28.7 Å². The Bertz CT molecular complexity index is 1440. The minimum atomic E-state index is -4.44. The number of hydrazone groups is 1. The van der Waals surface area contributed by atoms with Crippen LogP contribution < -0.4 is 15.5 Å². The van der Waals surface area contributed by atoms with Crippen LogP contribution in [0.25, 0.3) is 0 Å².